The van der Waals surface area contributed by atoms with Gasteiger partial charge >= 0.3 is 0 Å². The number of nitrogen functional groups attached to an aromatic ring is 2. The predicted molar refractivity (Wildman–Crippen MR) is 96.8 cm³/mol. The molecule has 24 heavy (non-hydrogen) atoms. The van der Waals surface area contributed by atoms with Crippen LogP contribution in [0.1, 0.15) is 11.1 Å². The molecule has 0 aliphatic rings. The van der Waals surface area contributed by atoms with Crippen molar-refractivity contribution in [2.45, 2.75) is 0 Å². The molecule has 0 unspecified atom stereocenters. The van der Waals surface area contributed by atoms with Gasteiger partial charge in [-0.25, -0.2) is 0 Å². The monoisotopic (exact) mass is 330 g/mol. The summed E-state index contributed by atoms with van der Waals surface area (Å²) in [6.07, 6.45) is 3.76. The van der Waals surface area contributed by atoms with Crippen LogP contribution >= 0.6 is 0 Å². The van der Waals surface area contributed by atoms with Gasteiger partial charge in [-0.2, -0.15) is 0 Å². The van der Waals surface area contributed by atoms with Gasteiger partial charge in [0.25, 0.3) is 0 Å². The Hall–Kier alpha value is -3.02. The summed E-state index contributed by atoms with van der Waals surface area (Å²) in [4.78, 5) is 0. The highest BCUT2D eigenvalue weighted by molar-refractivity contribution is 5.83. The summed E-state index contributed by atoms with van der Waals surface area (Å²) in [5.74, 6) is 2.07. The highest BCUT2D eigenvalue weighted by Gasteiger charge is 2.17. The molecule has 2 rings (SSSR count). The molecule has 0 saturated carbocycles. The van der Waals surface area contributed by atoms with Crippen molar-refractivity contribution in [1.29, 1.82) is 0 Å². The fraction of sp³-hybridized carbons (Fsp3) is 0.222. The first kappa shape index (κ1) is 17.3. The Bertz CT molecular complexity index is 757. The van der Waals surface area contributed by atoms with Crippen LogP contribution in [-0.2, 0) is 0 Å². The van der Waals surface area contributed by atoms with Crippen molar-refractivity contribution in [2.75, 3.05) is 39.9 Å². The van der Waals surface area contributed by atoms with Crippen LogP contribution in [0.15, 0.2) is 24.3 Å². The third kappa shape index (κ3) is 3.32. The van der Waals surface area contributed by atoms with E-state index in [0.717, 1.165) is 11.1 Å². The van der Waals surface area contributed by atoms with E-state index in [0.29, 0.717) is 34.4 Å². The zero-order valence-electron chi connectivity index (χ0n) is 14.3. The fourth-order valence-corrected chi connectivity index (χ4v) is 2.38. The van der Waals surface area contributed by atoms with Gasteiger partial charge in [-0.3, -0.25) is 0 Å². The molecule has 0 aromatic heterocycles. The molecule has 0 aliphatic carbocycles. The summed E-state index contributed by atoms with van der Waals surface area (Å²) in [6.45, 7) is 0. The number of hydrogen-bond acceptors (Lipinski definition) is 6. The topological polar surface area (TPSA) is 89.0 Å². The summed E-state index contributed by atoms with van der Waals surface area (Å²) in [7, 11) is 6.21. The first-order valence-corrected chi connectivity index (χ1v) is 7.25. The van der Waals surface area contributed by atoms with Crippen LogP contribution < -0.4 is 30.4 Å². The summed E-state index contributed by atoms with van der Waals surface area (Å²) in [5.41, 5.74) is 14.8. The molecule has 2 aromatic carbocycles. The maximum Gasteiger partial charge on any atom is 0.205 e. The van der Waals surface area contributed by atoms with Gasteiger partial charge in [0.15, 0.2) is 11.5 Å². The lowest BCUT2D eigenvalue weighted by atomic mass is 10.1. The van der Waals surface area contributed by atoms with E-state index in [1.165, 1.54) is 14.2 Å². The Labute approximate surface area is 141 Å². The number of methoxy groups -OCH3 is 4. The van der Waals surface area contributed by atoms with Crippen LogP contribution in [0.3, 0.4) is 0 Å². The van der Waals surface area contributed by atoms with Crippen LogP contribution in [0.5, 0.6) is 23.0 Å². The predicted octanol–water partition coefficient (Wildman–Crippen LogP) is 3.06. The van der Waals surface area contributed by atoms with Crippen LogP contribution in [0.25, 0.3) is 12.2 Å². The summed E-state index contributed by atoms with van der Waals surface area (Å²) < 4.78 is 21.2. The molecule has 0 amide bonds. The van der Waals surface area contributed by atoms with E-state index in [2.05, 4.69) is 0 Å². The molecular weight excluding hydrogens is 308 g/mol. The van der Waals surface area contributed by atoms with Gasteiger partial charge < -0.3 is 30.4 Å². The standard InChI is InChI=1S/C18H22N2O4/c1-21-14-8-6-11(9-13(14)19)5-7-12-10-15(22-2)17(23-3)18(24-4)16(12)20/h5-10H,19-20H2,1-4H3. The first-order chi connectivity index (χ1) is 11.5. The van der Waals surface area contributed by atoms with Crippen molar-refractivity contribution < 1.29 is 18.9 Å². The van der Waals surface area contributed by atoms with Crippen LogP contribution in [0.4, 0.5) is 11.4 Å². The fourth-order valence-electron chi connectivity index (χ4n) is 2.38. The second kappa shape index (κ2) is 7.50. The maximum atomic E-state index is 6.18. The van der Waals surface area contributed by atoms with E-state index in [-0.39, 0.29) is 0 Å². The van der Waals surface area contributed by atoms with Crippen LogP contribution in [-0.4, -0.2) is 28.4 Å². The van der Waals surface area contributed by atoms with Gasteiger partial charge in [0.1, 0.15) is 5.75 Å². The number of hydrogen-bond donors (Lipinski definition) is 2. The number of anilines is 2. The van der Waals surface area contributed by atoms with E-state index >= 15 is 0 Å². The molecule has 0 heterocycles. The minimum atomic E-state index is 0.436. The highest BCUT2D eigenvalue weighted by Crippen LogP contribution is 2.44. The summed E-state index contributed by atoms with van der Waals surface area (Å²) in [5, 5.41) is 0. The van der Waals surface area contributed by atoms with Crippen molar-refractivity contribution >= 4 is 23.5 Å². The number of ether oxygens (including phenoxy) is 4. The summed E-state index contributed by atoms with van der Waals surface area (Å²) in [6, 6.07) is 7.33. The first-order valence-electron chi connectivity index (χ1n) is 7.25. The average molecular weight is 330 g/mol. The molecule has 6 nitrogen and oxygen atoms in total. The lowest BCUT2D eigenvalue weighted by Crippen LogP contribution is -2.01. The Balaban J connectivity index is 2.43. The molecule has 0 spiro atoms. The van der Waals surface area contributed by atoms with E-state index in [9.17, 15) is 0 Å². The molecule has 0 radical (unpaired) electrons. The van der Waals surface area contributed by atoms with E-state index in [1.54, 1.807) is 20.3 Å². The zero-order chi connectivity index (χ0) is 17.7. The molecule has 0 saturated heterocycles. The van der Waals surface area contributed by atoms with Gasteiger partial charge in [0, 0.05) is 5.56 Å². The average Bonchev–Trinajstić information content (AvgIpc) is 2.60. The quantitative estimate of drug-likeness (QED) is 0.625. The number of rotatable bonds is 6. The SMILES string of the molecule is COc1ccc(C=Cc2cc(OC)c(OC)c(OC)c2N)cc1N. The van der Waals surface area contributed by atoms with Crippen LogP contribution in [0, 0.1) is 0 Å². The Morgan fingerprint density at radius 1 is 0.750 bits per heavy atom. The lowest BCUT2D eigenvalue weighted by molar-refractivity contribution is 0.325. The van der Waals surface area contributed by atoms with Crippen molar-refractivity contribution in [3.63, 3.8) is 0 Å². The third-order valence-electron chi connectivity index (χ3n) is 3.61. The third-order valence-corrected chi connectivity index (χ3v) is 3.61. The smallest absolute Gasteiger partial charge is 0.205 e. The van der Waals surface area contributed by atoms with Crippen molar-refractivity contribution in [3.8, 4) is 23.0 Å². The van der Waals surface area contributed by atoms with E-state index in [1.807, 2.05) is 30.4 Å². The van der Waals surface area contributed by atoms with E-state index in [4.69, 9.17) is 30.4 Å². The molecular formula is C18H22N2O4. The molecule has 0 atom stereocenters. The molecule has 128 valence electrons. The van der Waals surface area contributed by atoms with Gasteiger partial charge in [-0.05, 0) is 23.8 Å². The lowest BCUT2D eigenvalue weighted by Gasteiger charge is -2.16. The summed E-state index contributed by atoms with van der Waals surface area (Å²) >= 11 is 0. The Morgan fingerprint density at radius 3 is 1.96 bits per heavy atom. The van der Waals surface area contributed by atoms with Crippen molar-refractivity contribution in [3.05, 3.63) is 35.4 Å². The Kier molecular flexibility index (Phi) is 5.42. The second-order valence-corrected chi connectivity index (χ2v) is 4.98. The Morgan fingerprint density at radius 2 is 1.42 bits per heavy atom. The number of benzene rings is 2. The molecule has 0 aliphatic heterocycles. The largest absolute Gasteiger partial charge is 0.495 e. The maximum absolute atomic E-state index is 6.18. The van der Waals surface area contributed by atoms with Gasteiger partial charge in [0.2, 0.25) is 5.75 Å². The number of nitrogens with two attached hydrogens (primary N) is 2. The second-order valence-electron chi connectivity index (χ2n) is 4.98. The zero-order valence-corrected chi connectivity index (χ0v) is 14.3. The van der Waals surface area contributed by atoms with E-state index < -0.39 is 0 Å². The van der Waals surface area contributed by atoms with Gasteiger partial charge in [-0.1, -0.05) is 18.2 Å². The van der Waals surface area contributed by atoms with Gasteiger partial charge in [0.05, 0.1) is 39.8 Å². The molecule has 4 N–H and O–H groups in total. The normalized spacial score (nSPS) is 10.7. The van der Waals surface area contributed by atoms with Crippen molar-refractivity contribution in [2.24, 2.45) is 0 Å². The highest BCUT2D eigenvalue weighted by atomic mass is 16.5. The van der Waals surface area contributed by atoms with Crippen LogP contribution in [0.2, 0.25) is 0 Å². The molecule has 6 heteroatoms. The minimum absolute atomic E-state index is 0.436. The minimum Gasteiger partial charge on any atom is -0.495 e. The van der Waals surface area contributed by atoms with Crippen molar-refractivity contribution in [1.82, 2.24) is 0 Å². The molecule has 0 fully saturated rings. The van der Waals surface area contributed by atoms with Gasteiger partial charge in [-0.15, -0.1) is 0 Å². The molecule has 2 aromatic rings. The molecule has 0 bridgehead atoms.